The first-order valence-electron chi connectivity index (χ1n) is 10.8. The Morgan fingerprint density at radius 3 is 2.37 bits per heavy atom. The molecule has 0 radical (unpaired) electrons. The number of imide groups is 1. The van der Waals surface area contributed by atoms with Gasteiger partial charge in [-0.25, -0.2) is 13.3 Å². The van der Waals surface area contributed by atoms with Gasteiger partial charge in [-0.2, -0.15) is 4.31 Å². The van der Waals surface area contributed by atoms with Gasteiger partial charge < -0.3 is 9.47 Å². The highest BCUT2D eigenvalue weighted by Gasteiger charge is 2.47. The minimum Gasteiger partial charge on any atom is -0.454 e. The minimum atomic E-state index is -4.18. The van der Waals surface area contributed by atoms with Crippen molar-refractivity contribution in [3.8, 4) is 11.5 Å². The second-order valence-corrected chi connectivity index (χ2v) is 10.6. The molecule has 0 N–H and O–H groups in total. The number of aryl methyl sites for hydroxylation is 1. The lowest BCUT2D eigenvalue weighted by Gasteiger charge is -2.27. The highest BCUT2D eigenvalue weighted by Crippen LogP contribution is 2.35. The predicted molar refractivity (Wildman–Crippen MR) is 129 cm³/mol. The normalized spacial score (nSPS) is 17.5. The van der Waals surface area contributed by atoms with E-state index in [-0.39, 0.29) is 24.7 Å². The summed E-state index contributed by atoms with van der Waals surface area (Å²) in [7, 11) is -4.18. The van der Waals surface area contributed by atoms with Crippen LogP contribution in [-0.2, 0) is 26.2 Å². The molecule has 2 aliphatic heterocycles. The third kappa shape index (κ3) is 4.38. The van der Waals surface area contributed by atoms with Crippen LogP contribution < -0.4 is 14.4 Å². The van der Waals surface area contributed by atoms with Crippen LogP contribution in [0.3, 0.4) is 0 Å². The van der Waals surface area contributed by atoms with Gasteiger partial charge in [0.05, 0.1) is 17.0 Å². The monoisotopic (exact) mass is 512 g/mol. The zero-order valence-corrected chi connectivity index (χ0v) is 20.3. The smallest absolute Gasteiger partial charge is 0.252 e. The highest BCUT2D eigenvalue weighted by molar-refractivity contribution is 7.89. The third-order valence-corrected chi connectivity index (χ3v) is 8.08. The molecule has 2 heterocycles. The number of rotatable bonds is 6. The second kappa shape index (κ2) is 8.99. The molecule has 3 aromatic rings. The van der Waals surface area contributed by atoms with Crippen LogP contribution in [0.2, 0.25) is 5.02 Å². The maximum atomic E-state index is 13.8. The van der Waals surface area contributed by atoms with Crippen LogP contribution in [0, 0.1) is 6.92 Å². The van der Waals surface area contributed by atoms with E-state index in [0.29, 0.717) is 27.8 Å². The molecule has 0 aromatic heterocycles. The number of sulfonamides is 1. The molecule has 10 heteroatoms. The topological polar surface area (TPSA) is 93.2 Å². The van der Waals surface area contributed by atoms with Gasteiger partial charge in [-0.05, 0) is 61.0 Å². The molecule has 0 spiro atoms. The summed E-state index contributed by atoms with van der Waals surface area (Å²) in [5, 5.41) is 0.379. The maximum Gasteiger partial charge on any atom is 0.252 e. The summed E-state index contributed by atoms with van der Waals surface area (Å²) >= 11 is 5.95. The summed E-state index contributed by atoms with van der Waals surface area (Å²) in [4.78, 5) is 27.4. The molecule has 2 aliphatic rings. The Balaban J connectivity index is 1.54. The number of nitrogens with zero attached hydrogens (tertiary/aromatic N) is 2. The van der Waals surface area contributed by atoms with Crippen molar-refractivity contribution in [2.75, 3.05) is 11.7 Å². The van der Waals surface area contributed by atoms with Crippen LogP contribution in [0.4, 0.5) is 5.69 Å². The van der Waals surface area contributed by atoms with Crippen molar-refractivity contribution in [3.05, 3.63) is 82.9 Å². The second-order valence-electron chi connectivity index (χ2n) is 8.31. The molecule has 1 unspecified atom stereocenters. The van der Waals surface area contributed by atoms with Crippen molar-refractivity contribution in [1.82, 2.24) is 4.31 Å². The molecule has 2 amide bonds. The zero-order valence-electron chi connectivity index (χ0n) is 18.7. The predicted octanol–water partition coefficient (Wildman–Crippen LogP) is 3.90. The fourth-order valence-electron chi connectivity index (χ4n) is 4.13. The van der Waals surface area contributed by atoms with Crippen LogP contribution in [-0.4, -0.2) is 37.4 Å². The van der Waals surface area contributed by atoms with Crippen LogP contribution in [0.1, 0.15) is 17.5 Å². The molecule has 35 heavy (non-hydrogen) atoms. The van der Waals surface area contributed by atoms with Gasteiger partial charge in [0, 0.05) is 11.6 Å². The van der Waals surface area contributed by atoms with Crippen molar-refractivity contribution in [1.29, 1.82) is 0 Å². The standard InChI is InChI=1S/C25H21ClN2O6S/c1-16-2-7-19(8-3-16)28-24(29)13-21(25(28)30)27(35(31,32)20-9-5-18(26)6-10-20)14-17-4-11-22-23(12-17)34-15-33-22/h2-12,21H,13-15H2,1H3. The van der Waals surface area contributed by atoms with Crippen LogP contribution in [0.15, 0.2) is 71.6 Å². The number of halogens is 1. The Morgan fingerprint density at radius 1 is 0.971 bits per heavy atom. The molecule has 5 rings (SSSR count). The number of benzene rings is 3. The Morgan fingerprint density at radius 2 is 1.66 bits per heavy atom. The Labute approximate surface area is 207 Å². The van der Waals surface area contributed by atoms with Crippen molar-refractivity contribution in [2.45, 2.75) is 30.8 Å². The molecular formula is C25H21ClN2O6S. The number of hydrogen-bond donors (Lipinski definition) is 0. The Hall–Kier alpha value is -3.40. The molecule has 0 saturated carbocycles. The lowest BCUT2D eigenvalue weighted by molar-refractivity contribution is -0.122. The maximum absolute atomic E-state index is 13.8. The van der Waals surface area contributed by atoms with Crippen molar-refractivity contribution in [3.63, 3.8) is 0 Å². The van der Waals surface area contributed by atoms with Gasteiger partial charge in [-0.3, -0.25) is 9.59 Å². The fraction of sp³-hybridized carbons (Fsp3) is 0.200. The summed E-state index contributed by atoms with van der Waals surface area (Å²) in [5.74, 6) is -0.0250. The lowest BCUT2D eigenvalue weighted by Crippen LogP contribution is -2.45. The van der Waals surface area contributed by atoms with E-state index in [1.165, 1.54) is 24.3 Å². The van der Waals surface area contributed by atoms with Crippen molar-refractivity contribution in [2.24, 2.45) is 0 Å². The summed E-state index contributed by atoms with van der Waals surface area (Å²) < 4.78 is 39.3. The first kappa shape index (κ1) is 23.3. The molecule has 1 saturated heterocycles. The van der Waals surface area contributed by atoms with Crippen molar-refractivity contribution >= 4 is 39.1 Å². The average Bonchev–Trinajstić information content (AvgIpc) is 3.41. The average molecular weight is 513 g/mol. The van der Waals surface area contributed by atoms with Gasteiger partial charge in [0.25, 0.3) is 5.91 Å². The van der Waals surface area contributed by atoms with Crippen LogP contribution in [0.5, 0.6) is 11.5 Å². The third-order valence-electron chi connectivity index (χ3n) is 5.96. The molecule has 0 bridgehead atoms. The number of carbonyl (C=O) groups is 2. The molecule has 8 nitrogen and oxygen atoms in total. The summed E-state index contributed by atoms with van der Waals surface area (Å²) in [6.45, 7) is 1.83. The Kier molecular flexibility index (Phi) is 6.00. The molecular weight excluding hydrogens is 492 g/mol. The van der Waals surface area contributed by atoms with Gasteiger partial charge in [-0.1, -0.05) is 35.4 Å². The van der Waals surface area contributed by atoms with E-state index in [4.69, 9.17) is 21.1 Å². The summed E-state index contributed by atoms with van der Waals surface area (Å²) in [5.41, 5.74) is 1.96. The van der Waals surface area contributed by atoms with E-state index in [2.05, 4.69) is 0 Å². The van der Waals surface area contributed by atoms with Crippen LogP contribution in [0.25, 0.3) is 0 Å². The lowest BCUT2D eigenvalue weighted by atomic mass is 10.1. The number of carbonyl (C=O) groups excluding carboxylic acids is 2. The number of fused-ring (bicyclic) bond motifs is 1. The zero-order chi connectivity index (χ0) is 24.7. The largest absolute Gasteiger partial charge is 0.454 e. The quantitative estimate of drug-likeness (QED) is 0.465. The van der Waals surface area contributed by atoms with E-state index >= 15 is 0 Å². The van der Waals surface area contributed by atoms with Gasteiger partial charge in [-0.15, -0.1) is 0 Å². The highest BCUT2D eigenvalue weighted by atomic mass is 35.5. The first-order valence-corrected chi connectivity index (χ1v) is 12.7. The Bertz CT molecular complexity index is 1410. The number of ether oxygens (including phenoxy) is 2. The SMILES string of the molecule is Cc1ccc(N2C(=O)CC(N(Cc3ccc4c(c3)OCO4)S(=O)(=O)c3ccc(Cl)cc3)C2=O)cc1. The summed E-state index contributed by atoms with van der Waals surface area (Å²) in [6, 6.07) is 16.5. The van der Waals surface area contributed by atoms with Gasteiger partial charge in [0.1, 0.15) is 6.04 Å². The van der Waals surface area contributed by atoms with Gasteiger partial charge >= 0.3 is 0 Å². The van der Waals surface area contributed by atoms with Gasteiger partial charge in [0.2, 0.25) is 22.7 Å². The van der Waals surface area contributed by atoms with Gasteiger partial charge in [0.15, 0.2) is 11.5 Å². The minimum absolute atomic E-state index is 0.0309. The summed E-state index contributed by atoms with van der Waals surface area (Å²) in [6.07, 6.45) is -0.274. The number of anilines is 1. The number of hydrogen-bond acceptors (Lipinski definition) is 6. The van der Waals surface area contributed by atoms with Crippen LogP contribution >= 0.6 is 11.6 Å². The molecule has 3 aromatic carbocycles. The van der Waals surface area contributed by atoms with E-state index < -0.39 is 27.9 Å². The molecule has 1 fully saturated rings. The molecule has 0 aliphatic carbocycles. The van der Waals surface area contributed by atoms with Crippen molar-refractivity contribution < 1.29 is 27.5 Å². The fourth-order valence-corrected chi connectivity index (χ4v) is 5.83. The van der Waals surface area contributed by atoms with E-state index in [0.717, 1.165) is 14.8 Å². The van der Waals surface area contributed by atoms with E-state index in [1.54, 1.807) is 42.5 Å². The molecule has 180 valence electrons. The first-order chi connectivity index (χ1) is 16.7. The van der Waals surface area contributed by atoms with E-state index in [1.807, 2.05) is 6.92 Å². The molecule has 1 atom stereocenters. The number of amides is 2. The van der Waals surface area contributed by atoms with E-state index in [9.17, 15) is 18.0 Å².